The Kier molecular flexibility index (Phi) is 6.62. The molecule has 0 N–H and O–H groups in total. The third-order valence-electron chi connectivity index (χ3n) is 5.23. The van der Waals surface area contributed by atoms with Crippen molar-refractivity contribution in [2.75, 3.05) is 23.8 Å². The molecule has 0 bridgehead atoms. The van der Waals surface area contributed by atoms with Gasteiger partial charge in [0.25, 0.3) is 0 Å². The summed E-state index contributed by atoms with van der Waals surface area (Å²) in [7, 11) is -3.60. The molecule has 1 amide bonds. The van der Waals surface area contributed by atoms with Crippen LogP contribution in [0.1, 0.15) is 24.8 Å². The summed E-state index contributed by atoms with van der Waals surface area (Å²) in [6, 6.07) is 11.9. The van der Waals surface area contributed by atoms with Gasteiger partial charge in [0.1, 0.15) is 0 Å². The molecule has 0 radical (unpaired) electrons. The van der Waals surface area contributed by atoms with Crippen LogP contribution in [-0.2, 0) is 19.4 Å². The number of fused-ring (bicyclic) bond motifs is 1. The molecule has 31 heavy (non-hydrogen) atoms. The number of thiazole rings is 1. The minimum Gasteiger partial charge on any atom is -0.376 e. The molecule has 6 nitrogen and oxygen atoms in total. The number of hydrogen-bond acceptors (Lipinski definition) is 6. The van der Waals surface area contributed by atoms with Crippen LogP contribution in [-0.4, -0.2) is 44.3 Å². The zero-order valence-corrected chi connectivity index (χ0v) is 19.5. The number of carbonyl (C=O) groups is 1. The van der Waals surface area contributed by atoms with E-state index in [4.69, 9.17) is 16.3 Å². The third-order valence-corrected chi connectivity index (χ3v) is 8.26. The second-order valence-electron chi connectivity index (χ2n) is 7.63. The number of rotatable bonds is 7. The van der Waals surface area contributed by atoms with Crippen molar-refractivity contribution in [2.45, 2.75) is 37.2 Å². The summed E-state index contributed by atoms with van der Waals surface area (Å²) in [5, 5.41) is 1.04. The first-order valence-corrected chi connectivity index (χ1v) is 12.9. The van der Waals surface area contributed by atoms with E-state index in [0.29, 0.717) is 23.3 Å². The molecule has 1 aliphatic rings. The monoisotopic (exact) mass is 478 g/mol. The number of amides is 1. The maximum Gasteiger partial charge on any atom is 0.229 e. The Morgan fingerprint density at radius 2 is 2.03 bits per heavy atom. The second-order valence-corrected chi connectivity index (χ2v) is 11.2. The molecule has 3 aromatic rings. The molecule has 9 heteroatoms. The Morgan fingerprint density at radius 3 is 2.74 bits per heavy atom. The Hall–Kier alpha value is -2.00. The van der Waals surface area contributed by atoms with Crippen LogP contribution in [0, 0.1) is 6.92 Å². The van der Waals surface area contributed by atoms with Gasteiger partial charge in [-0.15, -0.1) is 0 Å². The fourth-order valence-electron chi connectivity index (χ4n) is 3.53. The maximum absolute atomic E-state index is 13.2. The predicted octanol–water partition coefficient (Wildman–Crippen LogP) is 4.63. The summed E-state index contributed by atoms with van der Waals surface area (Å²) in [6.45, 7) is 3.06. The van der Waals surface area contributed by atoms with Crippen LogP contribution < -0.4 is 4.90 Å². The van der Waals surface area contributed by atoms with Crippen LogP contribution >= 0.6 is 22.9 Å². The predicted molar refractivity (Wildman–Crippen MR) is 124 cm³/mol. The number of nitrogens with zero attached hydrogens (tertiary/aromatic N) is 2. The van der Waals surface area contributed by atoms with Gasteiger partial charge < -0.3 is 4.74 Å². The van der Waals surface area contributed by atoms with E-state index >= 15 is 0 Å². The van der Waals surface area contributed by atoms with E-state index in [0.717, 1.165) is 28.6 Å². The topological polar surface area (TPSA) is 76.6 Å². The molecule has 1 unspecified atom stereocenters. The second kappa shape index (κ2) is 9.24. The normalized spacial score (nSPS) is 16.6. The van der Waals surface area contributed by atoms with Gasteiger partial charge in [-0.3, -0.25) is 9.69 Å². The van der Waals surface area contributed by atoms with Crippen molar-refractivity contribution in [1.29, 1.82) is 0 Å². The Bertz CT molecular complexity index is 1190. The van der Waals surface area contributed by atoms with Crippen molar-refractivity contribution in [1.82, 2.24) is 4.98 Å². The first-order valence-electron chi connectivity index (χ1n) is 10.1. The molecule has 164 valence electrons. The quantitative estimate of drug-likeness (QED) is 0.494. The zero-order chi connectivity index (χ0) is 22.0. The van der Waals surface area contributed by atoms with E-state index in [-0.39, 0.29) is 29.1 Å². The van der Waals surface area contributed by atoms with E-state index < -0.39 is 9.84 Å². The summed E-state index contributed by atoms with van der Waals surface area (Å²) in [5.41, 5.74) is 1.94. The summed E-state index contributed by atoms with van der Waals surface area (Å²) in [5.74, 6) is -0.553. The van der Waals surface area contributed by atoms with Gasteiger partial charge in [0.05, 0.1) is 33.5 Å². The molecule has 2 aromatic carbocycles. The van der Waals surface area contributed by atoms with Gasteiger partial charge in [0.15, 0.2) is 15.0 Å². The fraction of sp³-hybridized carbons (Fsp3) is 0.364. The zero-order valence-electron chi connectivity index (χ0n) is 17.1. The Morgan fingerprint density at radius 1 is 1.26 bits per heavy atom. The molecule has 4 rings (SSSR count). The van der Waals surface area contributed by atoms with Crippen molar-refractivity contribution >= 4 is 54.0 Å². The third kappa shape index (κ3) is 5.26. The number of aryl methyl sites for hydroxylation is 1. The summed E-state index contributed by atoms with van der Waals surface area (Å²) in [4.78, 5) is 19.5. The van der Waals surface area contributed by atoms with E-state index in [1.807, 2.05) is 25.1 Å². The molecule has 1 saturated heterocycles. The molecule has 1 aliphatic heterocycles. The van der Waals surface area contributed by atoms with E-state index in [2.05, 4.69) is 4.98 Å². The number of aromatic nitrogens is 1. The first-order chi connectivity index (χ1) is 14.8. The molecule has 0 saturated carbocycles. The lowest BCUT2D eigenvalue weighted by molar-refractivity contribution is -0.118. The van der Waals surface area contributed by atoms with E-state index in [9.17, 15) is 13.2 Å². The van der Waals surface area contributed by atoms with Crippen LogP contribution in [0.4, 0.5) is 5.13 Å². The number of anilines is 1. The van der Waals surface area contributed by atoms with Crippen molar-refractivity contribution < 1.29 is 17.9 Å². The molecule has 1 aromatic heterocycles. The van der Waals surface area contributed by atoms with Crippen LogP contribution in [0.25, 0.3) is 10.2 Å². The SMILES string of the molecule is Cc1ccc2nc(N(CC3CCCO3)C(=O)CCS(=O)(=O)c3ccc(Cl)cc3)sc2c1. The highest BCUT2D eigenvalue weighted by Gasteiger charge is 2.27. The van der Waals surface area contributed by atoms with Gasteiger partial charge in [-0.1, -0.05) is 29.0 Å². The van der Waals surface area contributed by atoms with E-state index in [1.165, 1.54) is 35.6 Å². The largest absolute Gasteiger partial charge is 0.376 e. The molecular formula is C22H23ClN2O4S2. The van der Waals surface area contributed by atoms with Crippen molar-refractivity contribution in [3.05, 3.63) is 53.1 Å². The molecule has 2 heterocycles. The minimum absolute atomic E-state index is 0.0643. The van der Waals surface area contributed by atoms with Gasteiger partial charge in [-0.05, 0) is 61.7 Å². The molecule has 1 fully saturated rings. The standard InChI is InChI=1S/C22H23ClN2O4S2/c1-15-4-9-19-20(13-15)30-22(24-19)25(14-17-3-2-11-29-17)21(26)10-12-31(27,28)18-7-5-16(23)6-8-18/h4-9,13,17H,2-3,10-12,14H2,1H3. The van der Waals surface area contributed by atoms with Crippen LogP contribution in [0.3, 0.4) is 0 Å². The summed E-state index contributed by atoms with van der Waals surface area (Å²) >= 11 is 7.29. The number of benzene rings is 2. The average molecular weight is 479 g/mol. The van der Waals surface area contributed by atoms with E-state index in [1.54, 1.807) is 4.90 Å². The molecule has 1 atom stereocenters. The average Bonchev–Trinajstić information content (AvgIpc) is 3.39. The van der Waals surface area contributed by atoms with Crippen molar-refractivity contribution in [2.24, 2.45) is 0 Å². The van der Waals surface area contributed by atoms with Crippen molar-refractivity contribution in [3.8, 4) is 0 Å². The highest BCUT2D eigenvalue weighted by Crippen LogP contribution is 2.31. The van der Waals surface area contributed by atoms with Gasteiger partial charge in [0.2, 0.25) is 5.91 Å². The maximum atomic E-state index is 13.2. The first kappa shape index (κ1) is 22.2. The Labute approximate surface area is 190 Å². The molecule has 0 aliphatic carbocycles. The number of hydrogen-bond donors (Lipinski definition) is 0. The number of sulfone groups is 1. The van der Waals surface area contributed by atoms with Crippen LogP contribution in [0.15, 0.2) is 47.4 Å². The number of carbonyl (C=O) groups excluding carboxylic acids is 1. The highest BCUT2D eigenvalue weighted by atomic mass is 35.5. The number of halogens is 1. The van der Waals surface area contributed by atoms with Gasteiger partial charge in [-0.2, -0.15) is 0 Å². The summed E-state index contributed by atoms with van der Waals surface area (Å²) in [6.07, 6.45) is 1.63. The van der Waals surface area contributed by atoms with Crippen LogP contribution in [0.5, 0.6) is 0 Å². The lowest BCUT2D eigenvalue weighted by Gasteiger charge is -2.23. The van der Waals surface area contributed by atoms with Gasteiger partial charge >= 0.3 is 0 Å². The lowest BCUT2D eigenvalue weighted by Crippen LogP contribution is -2.38. The van der Waals surface area contributed by atoms with Crippen LogP contribution in [0.2, 0.25) is 5.02 Å². The van der Waals surface area contributed by atoms with Crippen molar-refractivity contribution in [3.63, 3.8) is 0 Å². The summed E-state index contributed by atoms with van der Waals surface area (Å²) < 4.78 is 32.1. The number of ether oxygens (including phenoxy) is 1. The van der Waals surface area contributed by atoms with Gasteiger partial charge in [-0.25, -0.2) is 13.4 Å². The Balaban J connectivity index is 1.55. The fourth-order valence-corrected chi connectivity index (χ4v) is 5.98. The minimum atomic E-state index is -3.60. The highest BCUT2D eigenvalue weighted by molar-refractivity contribution is 7.91. The molecular weight excluding hydrogens is 456 g/mol. The molecule has 0 spiro atoms. The lowest BCUT2D eigenvalue weighted by atomic mass is 10.2. The van der Waals surface area contributed by atoms with Gasteiger partial charge in [0, 0.05) is 18.1 Å². The smallest absolute Gasteiger partial charge is 0.229 e.